The van der Waals surface area contributed by atoms with Crippen LogP contribution in [0.4, 0.5) is 0 Å². The molecule has 0 aliphatic carbocycles. The molecule has 5 nitrogen and oxygen atoms in total. The summed E-state index contributed by atoms with van der Waals surface area (Å²) in [5, 5.41) is 5.51. The number of nitrogens with one attached hydrogen (secondary N) is 1. The Balaban J connectivity index is 1.80. The molecule has 0 unspecified atom stereocenters. The van der Waals surface area contributed by atoms with E-state index in [4.69, 9.17) is 4.74 Å². The summed E-state index contributed by atoms with van der Waals surface area (Å²) < 4.78 is 5.27. The Morgan fingerprint density at radius 3 is 2.78 bits per heavy atom. The van der Waals surface area contributed by atoms with E-state index in [-0.39, 0.29) is 18.6 Å². The van der Waals surface area contributed by atoms with Gasteiger partial charge in [0.1, 0.15) is 0 Å². The molecule has 140 valence electrons. The minimum absolute atomic E-state index is 0.0633. The smallest absolute Gasteiger partial charge is 0.339 e. The first-order valence-corrected chi connectivity index (χ1v) is 9.86. The summed E-state index contributed by atoms with van der Waals surface area (Å²) in [7, 11) is 0. The molecule has 27 heavy (non-hydrogen) atoms. The highest BCUT2D eigenvalue weighted by Gasteiger charge is 2.17. The van der Waals surface area contributed by atoms with Gasteiger partial charge in [-0.15, -0.1) is 11.3 Å². The molecule has 0 bridgehead atoms. The van der Waals surface area contributed by atoms with Crippen molar-refractivity contribution in [2.75, 3.05) is 6.61 Å². The van der Waals surface area contributed by atoms with E-state index in [2.05, 4.69) is 17.2 Å². The van der Waals surface area contributed by atoms with Gasteiger partial charge in [0.2, 0.25) is 0 Å². The molecular weight excluding hydrogens is 360 g/mol. The molecule has 0 aliphatic rings. The molecule has 0 saturated carbocycles. The molecule has 1 N–H and O–H groups in total. The van der Waals surface area contributed by atoms with Gasteiger partial charge in [-0.1, -0.05) is 37.6 Å². The molecule has 3 rings (SSSR count). The van der Waals surface area contributed by atoms with Crippen LogP contribution < -0.4 is 5.32 Å². The van der Waals surface area contributed by atoms with E-state index in [1.54, 1.807) is 17.4 Å². The van der Waals surface area contributed by atoms with Crippen LogP contribution in [0.5, 0.6) is 0 Å². The molecule has 6 heteroatoms. The number of benzene rings is 1. The highest BCUT2D eigenvalue weighted by Crippen LogP contribution is 2.28. The number of thiophene rings is 1. The minimum atomic E-state index is -0.523. The number of nitrogens with zero attached hydrogens (tertiary/aromatic N) is 1. The number of para-hydroxylation sites is 1. The third-order valence-electron chi connectivity index (χ3n) is 4.17. The number of rotatable bonds is 7. The number of fused-ring (bicyclic) bond motifs is 1. The average molecular weight is 382 g/mol. The summed E-state index contributed by atoms with van der Waals surface area (Å²) in [5.74, 6) is -0.814. The maximum Gasteiger partial charge on any atom is 0.339 e. The number of ether oxygens (including phenoxy) is 1. The van der Waals surface area contributed by atoms with Crippen LogP contribution in [0.3, 0.4) is 0 Å². The van der Waals surface area contributed by atoms with Crippen molar-refractivity contribution in [1.29, 1.82) is 0 Å². The topological polar surface area (TPSA) is 68.3 Å². The fraction of sp³-hybridized carbons (Fsp3) is 0.286. The maximum atomic E-state index is 12.7. The van der Waals surface area contributed by atoms with Crippen LogP contribution in [0.15, 0.2) is 47.8 Å². The predicted molar refractivity (Wildman–Crippen MR) is 108 cm³/mol. The normalized spacial score (nSPS) is 11.9. The van der Waals surface area contributed by atoms with E-state index < -0.39 is 5.97 Å². The summed E-state index contributed by atoms with van der Waals surface area (Å²) in [4.78, 5) is 30.3. The van der Waals surface area contributed by atoms with Gasteiger partial charge in [-0.25, -0.2) is 9.78 Å². The molecule has 1 aromatic carbocycles. The zero-order valence-electron chi connectivity index (χ0n) is 15.4. The molecule has 0 spiro atoms. The van der Waals surface area contributed by atoms with Gasteiger partial charge < -0.3 is 10.1 Å². The fourth-order valence-electron chi connectivity index (χ4n) is 2.93. The van der Waals surface area contributed by atoms with Crippen molar-refractivity contribution < 1.29 is 14.3 Å². The number of carbonyl (C=O) groups is 2. The van der Waals surface area contributed by atoms with Crippen molar-refractivity contribution in [2.45, 2.75) is 32.7 Å². The Morgan fingerprint density at radius 2 is 2.04 bits per heavy atom. The second-order valence-corrected chi connectivity index (χ2v) is 7.33. The summed E-state index contributed by atoms with van der Waals surface area (Å²) in [6.07, 6.45) is 1.87. The Bertz CT molecular complexity index is 938. The maximum absolute atomic E-state index is 12.7. The van der Waals surface area contributed by atoms with E-state index in [1.165, 1.54) is 0 Å². The fourth-order valence-corrected chi connectivity index (χ4v) is 3.61. The van der Waals surface area contributed by atoms with Crippen LogP contribution in [0.1, 0.15) is 37.0 Å². The Morgan fingerprint density at radius 1 is 1.22 bits per heavy atom. The van der Waals surface area contributed by atoms with Crippen LogP contribution in [0.25, 0.3) is 21.5 Å². The molecule has 1 atom stereocenters. The van der Waals surface area contributed by atoms with E-state index in [0.717, 1.165) is 28.9 Å². The first-order valence-electron chi connectivity index (χ1n) is 8.98. The van der Waals surface area contributed by atoms with Crippen molar-refractivity contribution in [2.24, 2.45) is 0 Å². The summed E-state index contributed by atoms with van der Waals surface area (Å²) in [5.41, 5.74) is 1.85. The largest absolute Gasteiger partial charge is 0.452 e. The Labute approximate surface area is 162 Å². The number of aromatic nitrogens is 1. The number of hydrogen-bond acceptors (Lipinski definition) is 5. The number of pyridine rings is 1. The lowest BCUT2D eigenvalue weighted by Crippen LogP contribution is -2.35. The third kappa shape index (κ3) is 4.71. The summed E-state index contributed by atoms with van der Waals surface area (Å²) >= 11 is 1.56. The van der Waals surface area contributed by atoms with Crippen LogP contribution in [-0.2, 0) is 9.53 Å². The van der Waals surface area contributed by atoms with Crippen LogP contribution >= 0.6 is 11.3 Å². The average Bonchev–Trinajstić information content (AvgIpc) is 3.20. The van der Waals surface area contributed by atoms with Crippen molar-refractivity contribution in [3.8, 4) is 10.6 Å². The highest BCUT2D eigenvalue weighted by molar-refractivity contribution is 7.13. The lowest BCUT2D eigenvalue weighted by molar-refractivity contribution is -0.124. The second-order valence-electron chi connectivity index (χ2n) is 6.38. The van der Waals surface area contributed by atoms with Gasteiger partial charge >= 0.3 is 5.97 Å². The van der Waals surface area contributed by atoms with Crippen molar-refractivity contribution in [1.82, 2.24) is 10.3 Å². The standard InChI is InChI=1S/C21H22N2O3S/c1-3-7-14(2)22-20(24)13-26-21(25)16-12-18(19-10-6-11-27-19)23-17-9-5-4-8-15(16)17/h4-6,8-12,14H,3,7,13H2,1-2H3,(H,22,24)/t14-/m0/s1. The number of hydrogen-bond donors (Lipinski definition) is 1. The van der Waals surface area contributed by atoms with Gasteiger partial charge in [0.25, 0.3) is 5.91 Å². The zero-order valence-corrected chi connectivity index (χ0v) is 16.2. The van der Waals surface area contributed by atoms with Crippen molar-refractivity contribution >= 4 is 34.1 Å². The van der Waals surface area contributed by atoms with Gasteiger partial charge in [0.15, 0.2) is 6.61 Å². The van der Waals surface area contributed by atoms with E-state index in [9.17, 15) is 9.59 Å². The Kier molecular flexibility index (Phi) is 6.19. The van der Waals surface area contributed by atoms with Crippen LogP contribution in [0.2, 0.25) is 0 Å². The van der Waals surface area contributed by atoms with E-state index in [1.807, 2.05) is 48.7 Å². The molecule has 2 heterocycles. The summed E-state index contributed by atoms with van der Waals surface area (Å²) in [6.45, 7) is 3.70. The molecule has 0 radical (unpaired) electrons. The van der Waals surface area contributed by atoms with Gasteiger partial charge in [0.05, 0.1) is 21.7 Å². The number of amides is 1. The van der Waals surface area contributed by atoms with Gasteiger partial charge in [-0.3, -0.25) is 4.79 Å². The second kappa shape index (κ2) is 8.77. The highest BCUT2D eigenvalue weighted by atomic mass is 32.1. The quantitative estimate of drug-likeness (QED) is 0.614. The molecule has 1 amide bonds. The first kappa shape index (κ1) is 19.0. The van der Waals surface area contributed by atoms with E-state index in [0.29, 0.717) is 10.9 Å². The third-order valence-corrected chi connectivity index (χ3v) is 5.07. The van der Waals surface area contributed by atoms with Gasteiger partial charge in [0, 0.05) is 11.4 Å². The van der Waals surface area contributed by atoms with Crippen LogP contribution in [-0.4, -0.2) is 29.5 Å². The number of carbonyl (C=O) groups excluding carboxylic acids is 2. The minimum Gasteiger partial charge on any atom is -0.452 e. The SMILES string of the molecule is CCC[C@H](C)NC(=O)COC(=O)c1cc(-c2cccs2)nc2ccccc12. The monoisotopic (exact) mass is 382 g/mol. The predicted octanol–water partition coefficient (Wildman–Crippen LogP) is 4.42. The molecular formula is C21H22N2O3S. The summed E-state index contributed by atoms with van der Waals surface area (Å²) in [6, 6.07) is 13.1. The van der Waals surface area contributed by atoms with Crippen molar-refractivity contribution in [3.05, 3.63) is 53.4 Å². The lowest BCUT2D eigenvalue weighted by Gasteiger charge is -2.13. The Hall–Kier alpha value is -2.73. The molecule has 0 fully saturated rings. The van der Waals surface area contributed by atoms with E-state index >= 15 is 0 Å². The van der Waals surface area contributed by atoms with Gasteiger partial charge in [-0.05, 0) is 36.9 Å². The van der Waals surface area contributed by atoms with Crippen molar-refractivity contribution in [3.63, 3.8) is 0 Å². The number of esters is 1. The molecule has 3 aromatic rings. The zero-order chi connectivity index (χ0) is 19.2. The first-order chi connectivity index (χ1) is 13.1. The molecule has 0 aliphatic heterocycles. The van der Waals surface area contributed by atoms with Gasteiger partial charge in [-0.2, -0.15) is 0 Å². The van der Waals surface area contributed by atoms with Crippen LogP contribution in [0, 0.1) is 0 Å². The molecule has 0 saturated heterocycles. The lowest BCUT2D eigenvalue weighted by atomic mass is 10.1. The molecule has 2 aromatic heterocycles.